The SMILES string of the molecule is CNC(CS(=O)c1ccc(C)cc1)c1ccc(C)cc1C. The van der Waals surface area contributed by atoms with E-state index in [0.717, 1.165) is 4.90 Å². The number of aryl methyl sites for hydroxylation is 3. The zero-order valence-corrected chi connectivity index (χ0v) is 14.0. The lowest BCUT2D eigenvalue weighted by atomic mass is 10.0. The lowest BCUT2D eigenvalue weighted by Gasteiger charge is -2.19. The molecule has 21 heavy (non-hydrogen) atoms. The number of benzene rings is 2. The van der Waals surface area contributed by atoms with E-state index in [0.29, 0.717) is 5.75 Å². The second-order valence-electron chi connectivity index (χ2n) is 5.53. The molecule has 2 unspecified atom stereocenters. The fourth-order valence-corrected chi connectivity index (χ4v) is 3.76. The largest absolute Gasteiger partial charge is 0.312 e. The maximum atomic E-state index is 12.5. The van der Waals surface area contributed by atoms with E-state index in [4.69, 9.17) is 0 Å². The molecule has 0 amide bonds. The molecule has 0 fully saturated rings. The van der Waals surface area contributed by atoms with Crippen LogP contribution in [0.5, 0.6) is 0 Å². The summed E-state index contributed by atoms with van der Waals surface area (Å²) in [6.45, 7) is 6.25. The topological polar surface area (TPSA) is 29.1 Å². The molecule has 0 aliphatic carbocycles. The summed E-state index contributed by atoms with van der Waals surface area (Å²) in [5.41, 5.74) is 4.92. The highest BCUT2D eigenvalue weighted by atomic mass is 32.2. The fraction of sp³-hybridized carbons (Fsp3) is 0.333. The average molecular weight is 301 g/mol. The molecule has 0 aliphatic rings. The Bertz CT molecular complexity index is 634. The maximum absolute atomic E-state index is 12.5. The van der Waals surface area contributed by atoms with Gasteiger partial charge in [-0.25, -0.2) is 0 Å². The predicted molar refractivity (Wildman–Crippen MR) is 90.2 cm³/mol. The molecule has 0 bridgehead atoms. The van der Waals surface area contributed by atoms with Gasteiger partial charge in [-0.2, -0.15) is 0 Å². The Morgan fingerprint density at radius 2 is 1.62 bits per heavy atom. The molecule has 112 valence electrons. The third kappa shape index (κ3) is 4.02. The highest BCUT2D eigenvalue weighted by Crippen LogP contribution is 2.21. The molecule has 0 saturated carbocycles. The minimum atomic E-state index is -0.998. The molecule has 2 aromatic rings. The Labute approximate surface area is 130 Å². The van der Waals surface area contributed by atoms with E-state index >= 15 is 0 Å². The molecule has 2 nitrogen and oxygen atoms in total. The maximum Gasteiger partial charge on any atom is 0.0548 e. The predicted octanol–water partition coefficient (Wildman–Crippen LogP) is 3.68. The van der Waals surface area contributed by atoms with E-state index < -0.39 is 10.8 Å². The van der Waals surface area contributed by atoms with Crippen LogP contribution in [0.25, 0.3) is 0 Å². The first-order valence-corrected chi connectivity index (χ1v) is 8.52. The standard InChI is InChI=1S/C18H23NOS/c1-13-5-8-16(9-6-13)21(20)12-18(19-4)17-10-7-14(2)11-15(17)3/h5-11,18-19H,12H2,1-4H3. The van der Waals surface area contributed by atoms with Gasteiger partial charge in [-0.05, 0) is 51.1 Å². The van der Waals surface area contributed by atoms with Gasteiger partial charge in [0.1, 0.15) is 0 Å². The Morgan fingerprint density at radius 3 is 2.19 bits per heavy atom. The van der Waals surface area contributed by atoms with Crippen LogP contribution in [-0.2, 0) is 10.8 Å². The molecule has 0 spiro atoms. The number of hydrogen-bond donors (Lipinski definition) is 1. The molecule has 0 aromatic heterocycles. The molecule has 2 atom stereocenters. The van der Waals surface area contributed by atoms with Crippen LogP contribution in [0.15, 0.2) is 47.4 Å². The minimum absolute atomic E-state index is 0.104. The number of rotatable bonds is 5. The summed E-state index contributed by atoms with van der Waals surface area (Å²) >= 11 is 0. The summed E-state index contributed by atoms with van der Waals surface area (Å²) in [5, 5.41) is 3.30. The summed E-state index contributed by atoms with van der Waals surface area (Å²) in [4.78, 5) is 0.894. The normalized spacial score (nSPS) is 13.9. The van der Waals surface area contributed by atoms with Crippen LogP contribution in [0.4, 0.5) is 0 Å². The summed E-state index contributed by atoms with van der Waals surface area (Å²) in [7, 11) is 0.929. The summed E-state index contributed by atoms with van der Waals surface area (Å²) in [6, 6.07) is 14.5. The van der Waals surface area contributed by atoms with Crippen LogP contribution >= 0.6 is 0 Å². The smallest absolute Gasteiger partial charge is 0.0548 e. The molecule has 0 radical (unpaired) electrons. The molecule has 0 heterocycles. The van der Waals surface area contributed by atoms with Gasteiger partial charge in [0.2, 0.25) is 0 Å². The van der Waals surface area contributed by atoms with Crippen molar-refractivity contribution in [3.63, 3.8) is 0 Å². The molecule has 2 rings (SSSR count). The van der Waals surface area contributed by atoms with Crippen LogP contribution in [0, 0.1) is 20.8 Å². The average Bonchev–Trinajstić information content (AvgIpc) is 2.46. The van der Waals surface area contributed by atoms with Crippen molar-refractivity contribution in [3.8, 4) is 0 Å². The molecule has 0 aliphatic heterocycles. The highest BCUT2D eigenvalue weighted by Gasteiger charge is 2.16. The first-order valence-electron chi connectivity index (χ1n) is 7.20. The van der Waals surface area contributed by atoms with E-state index in [-0.39, 0.29) is 6.04 Å². The van der Waals surface area contributed by atoms with Gasteiger partial charge in [0.05, 0.1) is 10.8 Å². The summed E-state index contributed by atoms with van der Waals surface area (Å²) < 4.78 is 12.5. The van der Waals surface area contributed by atoms with Crippen molar-refractivity contribution in [1.29, 1.82) is 0 Å². The Hall–Kier alpha value is -1.45. The summed E-state index contributed by atoms with van der Waals surface area (Å²) in [5.74, 6) is 0.587. The van der Waals surface area contributed by atoms with Crippen molar-refractivity contribution in [2.75, 3.05) is 12.8 Å². The van der Waals surface area contributed by atoms with Crippen molar-refractivity contribution < 1.29 is 4.21 Å². The van der Waals surface area contributed by atoms with Crippen LogP contribution in [0.2, 0.25) is 0 Å². The van der Waals surface area contributed by atoms with Gasteiger partial charge in [0.25, 0.3) is 0 Å². The summed E-state index contributed by atoms with van der Waals surface area (Å²) in [6.07, 6.45) is 0. The molecule has 3 heteroatoms. The zero-order chi connectivity index (χ0) is 15.4. The molecule has 1 N–H and O–H groups in total. The van der Waals surface area contributed by atoms with Gasteiger partial charge in [-0.3, -0.25) is 4.21 Å². The first kappa shape index (κ1) is 15.9. The van der Waals surface area contributed by atoms with Gasteiger partial charge in [0.15, 0.2) is 0 Å². The second kappa shape index (κ2) is 7.01. The Morgan fingerprint density at radius 1 is 1.00 bits per heavy atom. The van der Waals surface area contributed by atoms with Gasteiger partial charge < -0.3 is 5.32 Å². The van der Waals surface area contributed by atoms with Crippen molar-refractivity contribution in [1.82, 2.24) is 5.32 Å². The van der Waals surface area contributed by atoms with Crippen LogP contribution in [0.3, 0.4) is 0 Å². The van der Waals surface area contributed by atoms with Crippen molar-refractivity contribution in [3.05, 3.63) is 64.7 Å². The Kier molecular flexibility index (Phi) is 5.32. The zero-order valence-electron chi connectivity index (χ0n) is 13.1. The first-order chi connectivity index (χ1) is 10.0. The lowest BCUT2D eigenvalue weighted by molar-refractivity contribution is 0.633. The van der Waals surface area contributed by atoms with Crippen LogP contribution in [0.1, 0.15) is 28.3 Å². The van der Waals surface area contributed by atoms with E-state index in [1.807, 2.05) is 38.2 Å². The monoisotopic (exact) mass is 301 g/mol. The molecular weight excluding hydrogens is 278 g/mol. The third-order valence-corrected chi connectivity index (χ3v) is 5.19. The van der Waals surface area contributed by atoms with Crippen LogP contribution in [-0.4, -0.2) is 17.0 Å². The lowest BCUT2D eigenvalue weighted by Crippen LogP contribution is -2.23. The van der Waals surface area contributed by atoms with Gasteiger partial charge >= 0.3 is 0 Å². The third-order valence-electron chi connectivity index (χ3n) is 3.75. The van der Waals surface area contributed by atoms with E-state index in [2.05, 4.69) is 37.4 Å². The van der Waals surface area contributed by atoms with Crippen LogP contribution < -0.4 is 5.32 Å². The van der Waals surface area contributed by atoms with Crippen molar-refractivity contribution in [2.24, 2.45) is 0 Å². The van der Waals surface area contributed by atoms with Crippen molar-refractivity contribution in [2.45, 2.75) is 31.7 Å². The van der Waals surface area contributed by atoms with Crippen molar-refractivity contribution >= 4 is 10.8 Å². The number of nitrogens with one attached hydrogen (secondary N) is 1. The van der Waals surface area contributed by atoms with Gasteiger partial charge in [-0.15, -0.1) is 0 Å². The highest BCUT2D eigenvalue weighted by molar-refractivity contribution is 7.85. The van der Waals surface area contributed by atoms with E-state index in [1.165, 1.54) is 22.3 Å². The molecular formula is C18H23NOS. The Balaban J connectivity index is 2.18. The molecule has 2 aromatic carbocycles. The fourth-order valence-electron chi connectivity index (χ4n) is 2.48. The second-order valence-corrected chi connectivity index (χ2v) is 7.02. The van der Waals surface area contributed by atoms with E-state index in [1.54, 1.807) is 0 Å². The minimum Gasteiger partial charge on any atom is -0.312 e. The van der Waals surface area contributed by atoms with Gasteiger partial charge in [-0.1, -0.05) is 41.5 Å². The molecule has 0 saturated heterocycles. The quantitative estimate of drug-likeness (QED) is 0.913. The van der Waals surface area contributed by atoms with Gasteiger partial charge in [0, 0.05) is 16.7 Å². The van der Waals surface area contributed by atoms with E-state index in [9.17, 15) is 4.21 Å². The number of hydrogen-bond acceptors (Lipinski definition) is 2.